The summed E-state index contributed by atoms with van der Waals surface area (Å²) >= 11 is 2.16. The van der Waals surface area contributed by atoms with Crippen LogP contribution >= 0.6 is 11.8 Å². The van der Waals surface area contributed by atoms with Gasteiger partial charge in [-0.3, -0.25) is 4.79 Å². The Hall–Kier alpha value is -1.42. The summed E-state index contributed by atoms with van der Waals surface area (Å²) < 4.78 is 5.87. The maximum atomic E-state index is 13.1. The highest BCUT2D eigenvalue weighted by Crippen LogP contribution is 2.49. The first-order valence-electron chi connectivity index (χ1n) is 11.6. The first kappa shape index (κ1) is 20.8. The predicted molar refractivity (Wildman–Crippen MR) is 123 cm³/mol. The SMILES string of the molecule is CCN(CC1(C2CCCCCC2)CCCS1)C(=O)/C=C/c1ccc2c(c1)CCO2. The maximum absolute atomic E-state index is 13.1. The number of rotatable bonds is 6. The van der Waals surface area contributed by atoms with Crippen molar-refractivity contribution < 1.29 is 9.53 Å². The summed E-state index contributed by atoms with van der Waals surface area (Å²) in [5.41, 5.74) is 2.34. The number of hydrogen-bond acceptors (Lipinski definition) is 3. The number of hydrogen-bond donors (Lipinski definition) is 0. The molecule has 1 saturated heterocycles. The van der Waals surface area contributed by atoms with Crippen molar-refractivity contribution in [2.45, 2.75) is 69.5 Å². The molecule has 1 amide bonds. The molecular formula is C25H35NO2S. The average molecular weight is 414 g/mol. The van der Waals surface area contributed by atoms with Crippen LogP contribution in [0.15, 0.2) is 24.3 Å². The molecule has 1 aromatic carbocycles. The Bertz CT molecular complexity index is 730. The third-order valence-electron chi connectivity index (χ3n) is 7.02. The minimum absolute atomic E-state index is 0.157. The lowest BCUT2D eigenvalue weighted by molar-refractivity contribution is -0.126. The van der Waals surface area contributed by atoms with Gasteiger partial charge in [0.2, 0.25) is 5.91 Å². The van der Waals surface area contributed by atoms with Crippen LogP contribution in [-0.2, 0) is 11.2 Å². The third-order valence-corrected chi connectivity index (χ3v) is 8.75. The van der Waals surface area contributed by atoms with Crippen molar-refractivity contribution >= 4 is 23.7 Å². The number of amides is 1. The van der Waals surface area contributed by atoms with Crippen LogP contribution in [0.1, 0.15) is 69.4 Å². The smallest absolute Gasteiger partial charge is 0.246 e. The molecule has 1 unspecified atom stereocenters. The lowest BCUT2D eigenvalue weighted by Crippen LogP contribution is -2.46. The Labute approximate surface area is 180 Å². The predicted octanol–water partition coefficient (Wildman–Crippen LogP) is 5.72. The molecule has 0 N–H and O–H groups in total. The molecule has 0 spiro atoms. The van der Waals surface area contributed by atoms with Crippen molar-refractivity contribution in [1.82, 2.24) is 4.90 Å². The molecule has 2 aliphatic heterocycles. The Morgan fingerprint density at radius 3 is 2.79 bits per heavy atom. The van der Waals surface area contributed by atoms with Gasteiger partial charge < -0.3 is 9.64 Å². The van der Waals surface area contributed by atoms with E-state index in [-0.39, 0.29) is 10.7 Å². The zero-order valence-electron chi connectivity index (χ0n) is 17.8. The van der Waals surface area contributed by atoms with Crippen molar-refractivity contribution in [2.24, 2.45) is 5.92 Å². The van der Waals surface area contributed by atoms with Gasteiger partial charge in [-0.15, -0.1) is 0 Å². The van der Waals surface area contributed by atoms with E-state index in [4.69, 9.17) is 4.74 Å². The van der Waals surface area contributed by atoms with Crippen molar-refractivity contribution in [1.29, 1.82) is 0 Å². The molecule has 1 atom stereocenters. The van der Waals surface area contributed by atoms with Gasteiger partial charge in [0.15, 0.2) is 0 Å². The summed E-state index contributed by atoms with van der Waals surface area (Å²) in [5.74, 6) is 3.19. The van der Waals surface area contributed by atoms with Crippen LogP contribution in [0, 0.1) is 5.92 Å². The molecule has 1 aromatic rings. The van der Waals surface area contributed by atoms with Crippen LogP contribution in [0.2, 0.25) is 0 Å². The zero-order valence-corrected chi connectivity index (χ0v) is 18.6. The molecule has 158 valence electrons. The van der Waals surface area contributed by atoms with Gasteiger partial charge in [-0.1, -0.05) is 31.7 Å². The molecule has 4 rings (SSSR count). The van der Waals surface area contributed by atoms with E-state index in [2.05, 4.69) is 29.7 Å². The van der Waals surface area contributed by atoms with E-state index in [1.165, 1.54) is 62.7 Å². The minimum Gasteiger partial charge on any atom is -0.493 e. The van der Waals surface area contributed by atoms with Crippen molar-refractivity contribution in [3.63, 3.8) is 0 Å². The number of benzene rings is 1. The number of carbonyl (C=O) groups excluding carboxylic acids is 1. The van der Waals surface area contributed by atoms with E-state index in [0.717, 1.165) is 43.3 Å². The van der Waals surface area contributed by atoms with Crippen LogP contribution in [0.4, 0.5) is 0 Å². The molecule has 0 bridgehead atoms. The fraction of sp³-hybridized carbons (Fsp3) is 0.640. The molecule has 3 aliphatic rings. The fourth-order valence-corrected chi connectivity index (χ4v) is 7.05. The molecule has 1 saturated carbocycles. The molecule has 3 nitrogen and oxygen atoms in total. The van der Waals surface area contributed by atoms with E-state index < -0.39 is 0 Å². The molecule has 0 radical (unpaired) electrons. The second-order valence-electron chi connectivity index (χ2n) is 8.86. The summed E-state index contributed by atoms with van der Waals surface area (Å²) in [6.07, 6.45) is 15.5. The van der Waals surface area contributed by atoms with Gasteiger partial charge in [0.05, 0.1) is 6.61 Å². The highest BCUT2D eigenvalue weighted by Gasteiger charge is 2.43. The Morgan fingerprint density at radius 1 is 1.24 bits per heavy atom. The maximum Gasteiger partial charge on any atom is 0.246 e. The van der Waals surface area contributed by atoms with Gasteiger partial charge in [-0.2, -0.15) is 11.8 Å². The molecule has 2 fully saturated rings. The Kier molecular flexibility index (Phi) is 6.89. The van der Waals surface area contributed by atoms with Crippen LogP contribution in [-0.4, -0.2) is 41.0 Å². The number of ether oxygens (including phenoxy) is 1. The van der Waals surface area contributed by atoms with E-state index in [1.807, 2.05) is 18.2 Å². The Balaban J connectivity index is 1.44. The lowest BCUT2D eigenvalue weighted by atomic mass is 9.82. The highest BCUT2D eigenvalue weighted by atomic mass is 32.2. The van der Waals surface area contributed by atoms with Gasteiger partial charge in [0, 0.05) is 30.3 Å². The molecule has 0 aromatic heterocycles. The topological polar surface area (TPSA) is 29.5 Å². The van der Waals surface area contributed by atoms with Gasteiger partial charge in [0.1, 0.15) is 5.75 Å². The third kappa shape index (κ3) is 4.84. The van der Waals surface area contributed by atoms with Gasteiger partial charge >= 0.3 is 0 Å². The van der Waals surface area contributed by atoms with E-state index >= 15 is 0 Å². The number of likely N-dealkylation sites (N-methyl/N-ethyl adjacent to an activating group) is 1. The summed E-state index contributed by atoms with van der Waals surface area (Å²) in [5, 5.41) is 0. The van der Waals surface area contributed by atoms with Gasteiger partial charge in [0.25, 0.3) is 0 Å². The molecule has 4 heteroatoms. The number of carbonyl (C=O) groups is 1. The second-order valence-corrected chi connectivity index (χ2v) is 10.4. The highest BCUT2D eigenvalue weighted by molar-refractivity contribution is 8.00. The largest absolute Gasteiger partial charge is 0.493 e. The average Bonchev–Trinajstić information content (AvgIpc) is 3.33. The van der Waals surface area contributed by atoms with E-state index in [1.54, 1.807) is 6.08 Å². The summed E-state index contributed by atoms with van der Waals surface area (Å²) in [7, 11) is 0. The monoisotopic (exact) mass is 413 g/mol. The van der Waals surface area contributed by atoms with Crippen molar-refractivity contribution in [3.8, 4) is 5.75 Å². The van der Waals surface area contributed by atoms with Crippen LogP contribution in [0.25, 0.3) is 6.08 Å². The standard InChI is InChI=1S/C25H35NO2S/c1-2-26(19-25(15-7-17-29-25)22-8-5-3-4-6-9-22)24(27)13-11-20-10-12-23-21(18-20)14-16-28-23/h10-13,18,22H,2-9,14-17,19H2,1H3/b13-11+. The number of nitrogens with zero attached hydrogens (tertiary/aromatic N) is 1. The van der Waals surface area contributed by atoms with E-state index in [0.29, 0.717) is 0 Å². The number of thioether (sulfide) groups is 1. The molecule has 29 heavy (non-hydrogen) atoms. The molecule has 2 heterocycles. The summed E-state index contributed by atoms with van der Waals surface area (Å²) in [4.78, 5) is 15.2. The quantitative estimate of drug-likeness (QED) is 0.441. The molecule has 1 aliphatic carbocycles. The second kappa shape index (κ2) is 9.59. The first-order valence-corrected chi connectivity index (χ1v) is 12.6. The van der Waals surface area contributed by atoms with E-state index in [9.17, 15) is 4.79 Å². The van der Waals surface area contributed by atoms with Crippen LogP contribution in [0.3, 0.4) is 0 Å². The van der Waals surface area contributed by atoms with Crippen molar-refractivity contribution in [2.75, 3.05) is 25.4 Å². The summed E-state index contributed by atoms with van der Waals surface area (Å²) in [6, 6.07) is 6.23. The van der Waals surface area contributed by atoms with Gasteiger partial charge in [-0.05, 0) is 73.6 Å². The first-order chi connectivity index (χ1) is 14.2. The minimum atomic E-state index is 0.157. The fourth-order valence-electron chi connectivity index (χ4n) is 5.35. The normalized spacial score (nSPS) is 25.0. The van der Waals surface area contributed by atoms with Crippen LogP contribution in [0.5, 0.6) is 5.75 Å². The van der Waals surface area contributed by atoms with Crippen LogP contribution < -0.4 is 4.74 Å². The number of fused-ring (bicyclic) bond motifs is 1. The lowest BCUT2D eigenvalue weighted by Gasteiger charge is -2.40. The van der Waals surface area contributed by atoms with Crippen molar-refractivity contribution in [3.05, 3.63) is 35.4 Å². The molecular weight excluding hydrogens is 378 g/mol. The zero-order chi connectivity index (χ0) is 20.1. The summed E-state index contributed by atoms with van der Waals surface area (Å²) in [6.45, 7) is 4.60. The Morgan fingerprint density at radius 2 is 2.07 bits per heavy atom. The van der Waals surface area contributed by atoms with Gasteiger partial charge in [-0.25, -0.2) is 0 Å².